The number of benzene rings is 1. The third-order valence-electron chi connectivity index (χ3n) is 2.89. The molecule has 1 heterocycles. The Hall–Kier alpha value is -1.60. The van der Waals surface area contributed by atoms with Gasteiger partial charge in [0.15, 0.2) is 5.16 Å². The van der Waals surface area contributed by atoms with Gasteiger partial charge in [-0.05, 0) is 30.8 Å². The van der Waals surface area contributed by atoms with E-state index in [0.29, 0.717) is 16.5 Å². The zero-order valence-electron chi connectivity index (χ0n) is 11.3. The van der Waals surface area contributed by atoms with Crippen molar-refractivity contribution < 1.29 is 13.2 Å². The van der Waals surface area contributed by atoms with Crippen LogP contribution >= 0.6 is 11.8 Å². The summed E-state index contributed by atoms with van der Waals surface area (Å²) in [5.74, 6) is 0.543. The van der Waals surface area contributed by atoms with Crippen molar-refractivity contribution in [1.82, 2.24) is 15.3 Å². The molecule has 0 fully saturated rings. The Morgan fingerprint density at radius 1 is 1.19 bits per heavy atom. The van der Waals surface area contributed by atoms with Crippen molar-refractivity contribution >= 4 is 11.8 Å². The maximum Gasteiger partial charge on any atom is 0.416 e. The van der Waals surface area contributed by atoms with Gasteiger partial charge in [0.05, 0.1) is 5.56 Å². The predicted molar refractivity (Wildman–Crippen MR) is 76.0 cm³/mol. The van der Waals surface area contributed by atoms with Gasteiger partial charge < -0.3 is 5.32 Å². The quantitative estimate of drug-likeness (QED) is 0.677. The molecule has 7 heteroatoms. The average molecular weight is 313 g/mol. The second-order valence-electron chi connectivity index (χ2n) is 4.31. The number of nitrogens with one attached hydrogen (secondary N) is 1. The fourth-order valence-corrected chi connectivity index (χ4v) is 2.74. The molecule has 112 valence electrons. The normalized spacial score (nSPS) is 13.1. The molecule has 2 rings (SSSR count). The van der Waals surface area contributed by atoms with Gasteiger partial charge in [-0.2, -0.15) is 13.2 Å². The highest BCUT2D eigenvalue weighted by molar-refractivity contribution is 7.99. The van der Waals surface area contributed by atoms with E-state index in [4.69, 9.17) is 0 Å². The molecule has 1 atom stereocenters. The highest BCUT2D eigenvalue weighted by Crippen LogP contribution is 2.31. The van der Waals surface area contributed by atoms with Crippen LogP contribution in [0.2, 0.25) is 0 Å². The Kier molecular flexibility index (Phi) is 5.19. The summed E-state index contributed by atoms with van der Waals surface area (Å²) >= 11 is 1.40. The van der Waals surface area contributed by atoms with Crippen LogP contribution in [0.15, 0.2) is 47.9 Å². The Bertz CT molecular complexity index is 575. The van der Waals surface area contributed by atoms with Crippen LogP contribution in [-0.2, 0) is 6.18 Å². The molecule has 3 nitrogen and oxygen atoms in total. The largest absolute Gasteiger partial charge is 0.416 e. The highest BCUT2D eigenvalue weighted by atomic mass is 32.2. The monoisotopic (exact) mass is 313 g/mol. The molecule has 0 radical (unpaired) electrons. The van der Waals surface area contributed by atoms with E-state index in [2.05, 4.69) is 15.3 Å². The van der Waals surface area contributed by atoms with Gasteiger partial charge in [0.25, 0.3) is 0 Å². The van der Waals surface area contributed by atoms with Crippen molar-refractivity contribution in [3.05, 3.63) is 53.9 Å². The van der Waals surface area contributed by atoms with Crippen LogP contribution in [0.4, 0.5) is 13.2 Å². The first-order valence-corrected chi connectivity index (χ1v) is 7.23. The molecule has 0 aliphatic rings. The number of aromatic nitrogens is 2. The van der Waals surface area contributed by atoms with E-state index in [1.807, 2.05) is 0 Å². The number of nitrogens with zero attached hydrogens (tertiary/aromatic N) is 2. The fourth-order valence-electron chi connectivity index (χ4n) is 1.80. The van der Waals surface area contributed by atoms with Crippen molar-refractivity contribution in [2.45, 2.75) is 17.4 Å². The highest BCUT2D eigenvalue weighted by Gasteiger charge is 2.30. The Morgan fingerprint density at radius 2 is 1.90 bits per heavy atom. The van der Waals surface area contributed by atoms with Crippen LogP contribution in [0.25, 0.3) is 0 Å². The van der Waals surface area contributed by atoms with Gasteiger partial charge in [-0.25, -0.2) is 9.97 Å². The number of hydrogen-bond acceptors (Lipinski definition) is 4. The van der Waals surface area contributed by atoms with E-state index in [1.54, 1.807) is 31.6 Å². The van der Waals surface area contributed by atoms with Gasteiger partial charge in [0, 0.05) is 24.2 Å². The molecular formula is C14H14F3N3S. The van der Waals surface area contributed by atoms with Crippen LogP contribution in [0.5, 0.6) is 0 Å². The molecule has 1 unspecified atom stereocenters. The summed E-state index contributed by atoms with van der Waals surface area (Å²) in [6, 6.07) is 6.86. The van der Waals surface area contributed by atoms with Crippen LogP contribution in [0, 0.1) is 0 Å². The smallest absolute Gasteiger partial charge is 0.312 e. The average Bonchev–Trinajstić information content (AvgIpc) is 2.48. The van der Waals surface area contributed by atoms with E-state index < -0.39 is 11.7 Å². The van der Waals surface area contributed by atoms with E-state index >= 15 is 0 Å². The van der Waals surface area contributed by atoms with Gasteiger partial charge in [-0.1, -0.05) is 23.9 Å². The standard InChI is InChI=1S/C14H14F3N3S/c1-18-12(9-21-13-19-6-3-7-20-13)10-4-2-5-11(8-10)14(15,16)17/h2-8,12,18H,9H2,1H3. The molecular weight excluding hydrogens is 299 g/mol. The van der Waals surface area contributed by atoms with E-state index in [0.717, 1.165) is 6.07 Å². The molecule has 0 aliphatic carbocycles. The SMILES string of the molecule is CNC(CSc1ncccn1)c1cccc(C(F)(F)F)c1. The van der Waals surface area contributed by atoms with Crippen LogP contribution in [0.1, 0.15) is 17.2 Å². The van der Waals surface area contributed by atoms with Crippen LogP contribution < -0.4 is 5.32 Å². The summed E-state index contributed by atoms with van der Waals surface area (Å²) in [5, 5.41) is 3.63. The maximum absolute atomic E-state index is 12.7. The minimum atomic E-state index is -4.33. The lowest BCUT2D eigenvalue weighted by Crippen LogP contribution is -2.19. The van der Waals surface area contributed by atoms with Crippen LogP contribution in [-0.4, -0.2) is 22.8 Å². The Balaban J connectivity index is 2.10. The topological polar surface area (TPSA) is 37.8 Å². The van der Waals surface area contributed by atoms with E-state index in [1.165, 1.54) is 23.9 Å². The first-order valence-electron chi connectivity index (χ1n) is 6.25. The lowest BCUT2D eigenvalue weighted by atomic mass is 10.1. The number of alkyl halides is 3. The van der Waals surface area contributed by atoms with Crippen molar-refractivity contribution in [1.29, 1.82) is 0 Å². The van der Waals surface area contributed by atoms with Crippen molar-refractivity contribution in [2.24, 2.45) is 0 Å². The van der Waals surface area contributed by atoms with Gasteiger partial charge >= 0.3 is 6.18 Å². The fraction of sp³-hybridized carbons (Fsp3) is 0.286. The molecule has 21 heavy (non-hydrogen) atoms. The zero-order chi connectivity index (χ0) is 15.3. The summed E-state index contributed by atoms with van der Waals surface area (Å²) in [7, 11) is 1.72. The van der Waals surface area contributed by atoms with Gasteiger partial charge in [-0.3, -0.25) is 0 Å². The maximum atomic E-state index is 12.7. The van der Waals surface area contributed by atoms with Gasteiger partial charge in [0.1, 0.15) is 0 Å². The van der Waals surface area contributed by atoms with E-state index in [9.17, 15) is 13.2 Å². The second kappa shape index (κ2) is 6.91. The lowest BCUT2D eigenvalue weighted by Gasteiger charge is -2.17. The second-order valence-corrected chi connectivity index (χ2v) is 5.29. The molecule has 1 aromatic carbocycles. The number of halogens is 3. The minimum Gasteiger partial charge on any atom is -0.312 e. The Labute approximate surface area is 125 Å². The summed E-state index contributed by atoms with van der Waals surface area (Å²) < 4.78 is 38.2. The first kappa shape index (κ1) is 15.8. The summed E-state index contributed by atoms with van der Waals surface area (Å²) in [4.78, 5) is 8.16. The third kappa shape index (κ3) is 4.44. The lowest BCUT2D eigenvalue weighted by molar-refractivity contribution is -0.137. The molecule has 0 bridgehead atoms. The van der Waals surface area contributed by atoms with Crippen molar-refractivity contribution in [3.63, 3.8) is 0 Å². The van der Waals surface area contributed by atoms with Gasteiger partial charge in [0.2, 0.25) is 0 Å². The zero-order valence-corrected chi connectivity index (χ0v) is 12.1. The molecule has 1 N–H and O–H groups in total. The molecule has 2 aromatic rings. The first-order chi connectivity index (χ1) is 10.0. The van der Waals surface area contributed by atoms with Crippen molar-refractivity contribution in [3.8, 4) is 0 Å². The summed E-state index contributed by atoms with van der Waals surface area (Å²) in [6.07, 6.45) is -1.06. The summed E-state index contributed by atoms with van der Waals surface area (Å²) in [6.45, 7) is 0. The number of thioether (sulfide) groups is 1. The molecule has 0 saturated carbocycles. The van der Waals surface area contributed by atoms with E-state index in [-0.39, 0.29) is 6.04 Å². The Morgan fingerprint density at radius 3 is 2.52 bits per heavy atom. The van der Waals surface area contributed by atoms with Gasteiger partial charge in [-0.15, -0.1) is 0 Å². The third-order valence-corrected chi connectivity index (χ3v) is 3.85. The molecule has 0 aliphatic heterocycles. The number of hydrogen-bond donors (Lipinski definition) is 1. The van der Waals surface area contributed by atoms with Crippen molar-refractivity contribution in [2.75, 3.05) is 12.8 Å². The molecule has 0 spiro atoms. The van der Waals surface area contributed by atoms with Crippen LogP contribution in [0.3, 0.4) is 0 Å². The minimum absolute atomic E-state index is 0.207. The molecule has 1 aromatic heterocycles. The summed E-state index contributed by atoms with van der Waals surface area (Å²) in [5.41, 5.74) is -0.0445. The molecule has 0 amide bonds. The molecule has 0 saturated heterocycles. The number of rotatable bonds is 5. The predicted octanol–water partition coefficient (Wildman–Crippen LogP) is 3.55.